The lowest BCUT2D eigenvalue weighted by molar-refractivity contribution is 0.120. The zero-order valence-corrected chi connectivity index (χ0v) is 23.2. The summed E-state index contributed by atoms with van der Waals surface area (Å²) in [5.74, 6) is 2.38. The van der Waals surface area contributed by atoms with Gasteiger partial charge in [0.2, 0.25) is 0 Å². The third kappa shape index (κ3) is 5.80. The fraction of sp³-hybridized carbons (Fsp3) is 0.536. The minimum Gasteiger partial charge on any atom is -0.494 e. The minimum absolute atomic E-state index is 0.332. The summed E-state index contributed by atoms with van der Waals surface area (Å²) in [4.78, 5) is 12.1. The summed E-state index contributed by atoms with van der Waals surface area (Å²) < 4.78 is 26.7. The van der Waals surface area contributed by atoms with Crippen LogP contribution in [0, 0.1) is 20.8 Å². The van der Waals surface area contributed by atoms with E-state index in [1.165, 1.54) is 12.8 Å². The van der Waals surface area contributed by atoms with Crippen LogP contribution >= 0.6 is 11.6 Å². The second-order valence-electron chi connectivity index (χ2n) is 10.3. The van der Waals surface area contributed by atoms with Crippen LogP contribution in [0.5, 0.6) is 5.75 Å². The average Bonchev–Trinajstić information content (AvgIpc) is 3.70. The highest BCUT2D eigenvalue weighted by molar-refractivity contribution is 6.33. The van der Waals surface area contributed by atoms with E-state index in [2.05, 4.69) is 20.7 Å². The van der Waals surface area contributed by atoms with Crippen molar-refractivity contribution in [2.24, 2.45) is 0 Å². The maximum absolute atomic E-state index is 15.3. The van der Waals surface area contributed by atoms with E-state index in [4.69, 9.17) is 30.8 Å². The van der Waals surface area contributed by atoms with Gasteiger partial charge in [0.15, 0.2) is 5.82 Å². The molecule has 1 aliphatic heterocycles. The first kappa shape index (κ1) is 26.8. The molecule has 0 radical (unpaired) electrons. The largest absolute Gasteiger partial charge is 0.494 e. The standard InChI is InChI=1S/C28H36ClFN6O2/c1-16-26(25-17(2)35-38-18(25)3)33-28(21-14-20(8-9-22(21)29)37-13-5-11-31-4)34-27(16)32-24-10-12-36(15-23(24)30)19-6-7-19/h8-9,14,19,23-24,31H,5-7,10-13,15H2,1-4H3,(H,32,33,34). The lowest BCUT2D eigenvalue weighted by Gasteiger charge is -2.35. The number of anilines is 1. The molecule has 1 aliphatic carbocycles. The number of hydrogen-bond acceptors (Lipinski definition) is 8. The Bertz CT molecular complexity index is 1260. The quantitative estimate of drug-likeness (QED) is 0.331. The van der Waals surface area contributed by atoms with Gasteiger partial charge in [-0.05, 0) is 78.2 Å². The molecule has 0 bridgehead atoms. The van der Waals surface area contributed by atoms with Crippen molar-refractivity contribution < 1.29 is 13.7 Å². The summed E-state index contributed by atoms with van der Waals surface area (Å²) in [6, 6.07) is 5.72. The molecule has 2 unspecified atom stereocenters. The zero-order valence-electron chi connectivity index (χ0n) is 22.5. The number of nitrogens with zero attached hydrogens (tertiary/aromatic N) is 4. The van der Waals surface area contributed by atoms with Crippen LogP contribution in [0.25, 0.3) is 22.6 Å². The normalized spacial score (nSPS) is 20.1. The number of alkyl halides is 1. The molecule has 3 aromatic rings. The van der Waals surface area contributed by atoms with E-state index in [9.17, 15) is 0 Å². The van der Waals surface area contributed by atoms with Gasteiger partial charge in [0, 0.05) is 30.3 Å². The molecule has 0 spiro atoms. The molecule has 204 valence electrons. The Kier molecular flexibility index (Phi) is 8.16. The average molecular weight is 543 g/mol. The minimum atomic E-state index is -0.984. The van der Waals surface area contributed by atoms with Gasteiger partial charge in [0.05, 0.1) is 34.6 Å². The molecule has 2 atom stereocenters. The second-order valence-corrected chi connectivity index (χ2v) is 10.7. The number of hydrogen-bond donors (Lipinski definition) is 2. The molecule has 10 heteroatoms. The van der Waals surface area contributed by atoms with Crippen LogP contribution in [-0.4, -0.2) is 71.6 Å². The van der Waals surface area contributed by atoms with Crippen LogP contribution in [0.3, 0.4) is 0 Å². The molecular weight excluding hydrogens is 507 g/mol. The lowest BCUT2D eigenvalue weighted by atomic mass is 10.0. The monoisotopic (exact) mass is 542 g/mol. The van der Waals surface area contributed by atoms with Gasteiger partial charge in [0.25, 0.3) is 0 Å². The van der Waals surface area contributed by atoms with Gasteiger partial charge < -0.3 is 19.9 Å². The second kappa shape index (κ2) is 11.6. The van der Waals surface area contributed by atoms with Crippen molar-refractivity contribution in [1.29, 1.82) is 0 Å². The topological polar surface area (TPSA) is 88.3 Å². The molecule has 1 saturated carbocycles. The number of benzene rings is 1. The molecule has 1 aromatic carbocycles. The van der Waals surface area contributed by atoms with Crippen molar-refractivity contribution in [3.05, 3.63) is 40.2 Å². The number of rotatable bonds is 10. The van der Waals surface area contributed by atoms with Crippen molar-refractivity contribution in [2.45, 2.75) is 64.7 Å². The van der Waals surface area contributed by atoms with Crippen molar-refractivity contribution in [3.8, 4) is 28.4 Å². The summed E-state index contributed by atoms with van der Waals surface area (Å²) in [5, 5.41) is 11.2. The molecule has 2 N–H and O–H groups in total. The summed E-state index contributed by atoms with van der Waals surface area (Å²) in [6.45, 7) is 8.48. The maximum Gasteiger partial charge on any atom is 0.163 e. The Balaban J connectivity index is 1.50. The van der Waals surface area contributed by atoms with E-state index in [1.54, 1.807) is 6.07 Å². The van der Waals surface area contributed by atoms with Gasteiger partial charge in [-0.1, -0.05) is 16.8 Å². The molecule has 38 heavy (non-hydrogen) atoms. The van der Waals surface area contributed by atoms with Crippen molar-refractivity contribution >= 4 is 17.4 Å². The molecule has 1 saturated heterocycles. The van der Waals surface area contributed by atoms with Crippen LogP contribution < -0.4 is 15.4 Å². The molecule has 5 rings (SSSR count). The highest BCUT2D eigenvalue weighted by Gasteiger charge is 2.37. The van der Waals surface area contributed by atoms with Gasteiger partial charge in [-0.2, -0.15) is 0 Å². The molecule has 3 heterocycles. The predicted octanol–water partition coefficient (Wildman–Crippen LogP) is 5.35. The molecule has 0 amide bonds. The smallest absolute Gasteiger partial charge is 0.163 e. The van der Waals surface area contributed by atoms with Crippen molar-refractivity contribution in [1.82, 2.24) is 25.3 Å². The zero-order chi connectivity index (χ0) is 26.8. The Morgan fingerprint density at radius 3 is 2.68 bits per heavy atom. The first-order valence-corrected chi connectivity index (χ1v) is 13.8. The van der Waals surface area contributed by atoms with Crippen LogP contribution in [0.1, 0.15) is 42.7 Å². The number of nitrogens with one attached hydrogen (secondary N) is 2. The number of aryl methyl sites for hydroxylation is 2. The van der Waals surface area contributed by atoms with Crippen LogP contribution in [-0.2, 0) is 0 Å². The van der Waals surface area contributed by atoms with E-state index in [1.807, 2.05) is 40.0 Å². The Labute approximate surface area is 228 Å². The summed E-state index contributed by atoms with van der Waals surface area (Å²) in [5.41, 5.74) is 3.70. The van der Waals surface area contributed by atoms with Gasteiger partial charge in [-0.15, -0.1) is 0 Å². The number of halogens is 2. The van der Waals surface area contributed by atoms with Crippen molar-refractivity contribution in [2.75, 3.05) is 38.6 Å². The first-order chi connectivity index (χ1) is 18.4. The van der Waals surface area contributed by atoms with Crippen LogP contribution in [0.15, 0.2) is 22.7 Å². The molecule has 2 aromatic heterocycles. The third-order valence-corrected chi connectivity index (χ3v) is 7.72. The number of ether oxygens (including phenoxy) is 1. The fourth-order valence-corrected chi connectivity index (χ4v) is 5.29. The maximum atomic E-state index is 15.3. The van der Waals surface area contributed by atoms with Gasteiger partial charge in [0.1, 0.15) is 23.5 Å². The van der Waals surface area contributed by atoms with E-state index in [0.717, 1.165) is 36.3 Å². The summed E-state index contributed by atoms with van der Waals surface area (Å²) in [6.07, 6.45) is 2.97. The fourth-order valence-electron chi connectivity index (χ4n) is 5.08. The van der Waals surface area contributed by atoms with E-state index in [-0.39, 0.29) is 6.04 Å². The van der Waals surface area contributed by atoms with E-state index in [0.29, 0.717) is 65.0 Å². The molecule has 2 aliphatic rings. The van der Waals surface area contributed by atoms with Crippen LogP contribution in [0.4, 0.5) is 10.2 Å². The number of likely N-dealkylation sites (tertiary alicyclic amines) is 1. The Morgan fingerprint density at radius 2 is 2.00 bits per heavy atom. The number of aromatic nitrogens is 3. The van der Waals surface area contributed by atoms with Gasteiger partial charge in [-0.25, -0.2) is 14.4 Å². The van der Waals surface area contributed by atoms with E-state index >= 15 is 4.39 Å². The van der Waals surface area contributed by atoms with Crippen molar-refractivity contribution in [3.63, 3.8) is 0 Å². The SMILES string of the molecule is CNCCCOc1ccc(Cl)c(-c2nc(NC3CCN(C4CC4)CC3F)c(C)c(-c3c(C)noc3C)n2)c1. The predicted molar refractivity (Wildman–Crippen MR) is 148 cm³/mol. The highest BCUT2D eigenvalue weighted by atomic mass is 35.5. The first-order valence-electron chi connectivity index (χ1n) is 13.4. The van der Waals surface area contributed by atoms with Crippen LogP contribution in [0.2, 0.25) is 5.02 Å². The summed E-state index contributed by atoms with van der Waals surface area (Å²) >= 11 is 6.65. The highest BCUT2D eigenvalue weighted by Crippen LogP contribution is 2.37. The van der Waals surface area contributed by atoms with Gasteiger partial charge in [-0.3, -0.25) is 4.90 Å². The summed E-state index contributed by atoms with van der Waals surface area (Å²) in [7, 11) is 1.92. The lowest BCUT2D eigenvalue weighted by Crippen LogP contribution is -2.48. The number of piperidine rings is 1. The third-order valence-electron chi connectivity index (χ3n) is 7.39. The van der Waals surface area contributed by atoms with E-state index < -0.39 is 6.17 Å². The van der Waals surface area contributed by atoms with Gasteiger partial charge >= 0.3 is 0 Å². The molecule has 2 fully saturated rings. The molecular formula is C28H36ClFN6O2. The molecule has 8 nitrogen and oxygen atoms in total. The Morgan fingerprint density at radius 1 is 1.18 bits per heavy atom. The Hall–Kier alpha value is -2.75.